The molecule has 5 atom stereocenters. The number of carbonyl (C=O) groups is 1. The Balaban J connectivity index is 1.66. The van der Waals surface area contributed by atoms with Crippen LogP contribution in [-0.4, -0.2) is 33.5 Å². The van der Waals surface area contributed by atoms with Crippen LogP contribution in [0.5, 0.6) is 0 Å². The van der Waals surface area contributed by atoms with Crippen LogP contribution >= 0.6 is 0 Å². The van der Waals surface area contributed by atoms with Gasteiger partial charge < -0.3 is 15.3 Å². The van der Waals surface area contributed by atoms with E-state index in [9.17, 15) is 20.1 Å². The molecular formula is C26H36O4. The predicted octanol–water partition coefficient (Wildman–Crippen LogP) is 5.00. The van der Waals surface area contributed by atoms with Gasteiger partial charge in [-0.25, -0.2) is 4.79 Å². The van der Waals surface area contributed by atoms with E-state index in [1.807, 2.05) is 24.3 Å². The number of unbranched alkanes of at least 4 members (excludes halogenated alkanes) is 1. The minimum absolute atomic E-state index is 0.0371. The van der Waals surface area contributed by atoms with Crippen molar-refractivity contribution < 1.29 is 20.1 Å². The van der Waals surface area contributed by atoms with E-state index < -0.39 is 12.1 Å². The normalized spacial score (nSPS) is 27.3. The first-order chi connectivity index (χ1) is 14.2. The Labute approximate surface area is 180 Å². The van der Waals surface area contributed by atoms with Crippen molar-refractivity contribution in [1.29, 1.82) is 0 Å². The summed E-state index contributed by atoms with van der Waals surface area (Å²) in [7, 11) is 0. The first kappa shape index (κ1) is 22.8. The van der Waals surface area contributed by atoms with E-state index in [0.717, 1.165) is 37.7 Å². The number of fused-ring (bicyclic) bond motifs is 1. The molecule has 1 fully saturated rings. The lowest BCUT2D eigenvalue weighted by Crippen LogP contribution is -2.28. The van der Waals surface area contributed by atoms with Gasteiger partial charge in [0, 0.05) is 5.92 Å². The molecule has 4 nitrogen and oxygen atoms in total. The summed E-state index contributed by atoms with van der Waals surface area (Å²) in [4.78, 5) is 11.5. The van der Waals surface area contributed by atoms with Gasteiger partial charge in [0.15, 0.2) is 0 Å². The summed E-state index contributed by atoms with van der Waals surface area (Å²) in [6.45, 7) is 6.36. The monoisotopic (exact) mass is 412 g/mol. The van der Waals surface area contributed by atoms with Gasteiger partial charge in [0.25, 0.3) is 0 Å². The Morgan fingerprint density at radius 3 is 2.73 bits per heavy atom. The molecule has 1 aromatic carbocycles. The Morgan fingerprint density at radius 2 is 2.03 bits per heavy atom. The van der Waals surface area contributed by atoms with Gasteiger partial charge in [-0.2, -0.15) is 0 Å². The van der Waals surface area contributed by atoms with Gasteiger partial charge in [-0.15, -0.1) is 0 Å². The molecule has 0 aromatic heterocycles. The highest BCUT2D eigenvalue weighted by molar-refractivity contribution is 5.89. The molecule has 0 spiro atoms. The summed E-state index contributed by atoms with van der Waals surface area (Å²) in [5.41, 5.74) is 2.30. The topological polar surface area (TPSA) is 77.8 Å². The summed E-state index contributed by atoms with van der Waals surface area (Å²) < 4.78 is 0. The fourth-order valence-corrected chi connectivity index (χ4v) is 5.14. The summed E-state index contributed by atoms with van der Waals surface area (Å²) >= 11 is 0. The quantitative estimate of drug-likeness (QED) is 0.499. The van der Waals surface area contributed by atoms with Crippen molar-refractivity contribution in [3.63, 3.8) is 0 Å². The van der Waals surface area contributed by atoms with Gasteiger partial charge in [-0.05, 0) is 54.6 Å². The van der Waals surface area contributed by atoms with Gasteiger partial charge in [-0.3, -0.25) is 0 Å². The molecule has 2 aliphatic carbocycles. The maximum Gasteiger partial charge on any atom is 0.335 e. The first-order valence-electron chi connectivity index (χ1n) is 11.3. The third-order valence-electron chi connectivity index (χ3n) is 7.11. The van der Waals surface area contributed by atoms with Crippen LogP contribution in [-0.2, 0) is 6.42 Å². The Kier molecular flexibility index (Phi) is 7.20. The number of carboxylic acids is 1. The zero-order chi connectivity index (χ0) is 21.9. The number of hydrogen-bond acceptors (Lipinski definition) is 3. The molecule has 1 aromatic rings. The van der Waals surface area contributed by atoms with E-state index in [-0.39, 0.29) is 17.4 Å². The maximum atomic E-state index is 11.5. The molecule has 4 heteroatoms. The summed E-state index contributed by atoms with van der Waals surface area (Å²) in [5.74, 6) is -0.198. The smallest absolute Gasteiger partial charge is 0.335 e. The van der Waals surface area contributed by atoms with Crippen LogP contribution in [0.4, 0.5) is 0 Å². The average Bonchev–Trinajstić information content (AvgIpc) is 3.20. The minimum Gasteiger partial charge on any atom is -0.478 e. The van der Waals surface area contributed by atoms with Crippen LogP contribution in [0.15, 0.2) is 48.1 Å². The van der Waals surface area contributed by atoms with E-state index in [4.69, 9.17) is 0 Å². The van der Waals surface area contributed by atoms with Gasteiger partial charge in [-0.1, -0.05) is 75.6 Å². The molecule has 0 heterocycles. The van der Waals surface area contributed by atoms with Crippen molar-refractivity contribution in [3.05, 3.63) is 59.2 Å². The maximum absolute atomic E-state index is 11.5. The zero-order valence-corrected chi connectivity index (χ0v) is 18.4. The first-order valence-corrected chi connectivity index (χ1v) is 11.3. The molecule has 0 aliphatic heterocycles. The van der Waals surface area contributed by atoms with Crippen LogP contribution in [0.1, 0.15) is 68.8 Å². The lowest BCUT2D eigenvalue weighted by Gasteiger charge is -2.29. The second-order valence-electron chi connectivity index (χ2n) is 9.80. The molecule has 3 N–H and O–H groups in total. The van der Waals surface area contributed by atoms with Crippen LogP contribution < -0.4 is 0 Å². The zero-order valence-electron chi connectivity index (χ0n) is 18.4. The van der Waals surface area contributed by atoms with E-state index in [1.54, 1.807) is 12.1 Å². The summed E-state index contributed by atoms with van der Waals surface area (Å²) in [5, 5.41) is 30.7. The molecule has 0 saturated heterocycles. The van der Waals surface area contributed by atoms with Gasteiger partial charge in [0.2, 0.25) is 0 Å². The molecule has 0 radical (unpaired) electrons. The van der Waals surface area contributed by atoms with Gasteiger partial charge in [0.1, 0.15) is 0 Å². The van der Waals surface area contributed by atoms with E-state index in [0.29, 0.717) is 23.8 Å². The number of hydrogen-bond donors (Lipinski definition) is 3. The molecule has 164 valence electrons. The molecule has 0 unspecified atom stereocenters. The number of aliphatic hydroxyl groups excluding tert-OH is 2. The van der Waals surface area contributed by atoms with Gasteiger partial charge >= 0.3 is 5.97 Å². The highest BCUT2D eigenvalue weighted by Gasteiger charge is 2.43. The van der Waals surface area contributed by atoms with E-state index in [1.165, 1.54) is 5.57 Å². The molecule has 30 heavy (non-hydrogen) atoms. The lowest BCUT2D eigenvalue weighted by molar-refractivity contribution is 0.0695. The van der Waals surface area contributed by atoms with Crippen molar-refractivity contribution in [3.8, 4) is 0 Å². The van der Waals surface area contributed by atoms with Crippen molar-refractivity contribution in [2.24, 2.45) is 23.2 Å². The van der Waals surface area contributed by atoms with Crippen molar-refractivity contribution >= 4 is 5.97 Å². The second kappa shape index (κ2) is 9.49. The number of benzene rings is 1. The molecule has 1 saturated carbocycles. The molecule has 0 bridgehead atoms. The minimum atomic E-state index is -0.889. The predicted molar refractivity (Wildman–Crippen MR) is 119 cm³/mol. The molecular weight excluding hydrogens is 376 g/mol. The third kappa shape index (κ3) is 5.04. The lowest BCUT2D eigenvalue weighted by atomic mass is 9.80. The van der Waals surface area contributed by atoms with Crippen LogP contribution in [0, 0.1) is 23.2 Å². The summed E-state index contributed by atoms with van der Waals surface area (Å²) in [6.07, 6.45) is 10.7. The second-order valence-corrected chi connectivity index (χ2v) is 9.80. The summed E-state index contributed by atoms with van der Waals surface area (Å²) in [6, 6.07) is 7.19. The fraction of sp³-hybridized carbons (Fsp3) is 0.577. The fourth-order valence-electron chi connectivity index (χ4n) is 5.14. The Morgan fingerprint density at radius 1 is 1.30 bits per heavy atom. The highest BCUT2D eigenvalue weighted by Crippen LogP contribution is 2.48. The van der Waals surface area contributed by atoms with Crippen molar-refractivity contribution in [2.45, 2.75) is 71.5 Å². The third-order valence-corrected chi connectivity index (χ3v) is 7.11. The van der Waals surface area contributed by atoms with Crippen molar-refractivity contribution in [1.82, 2.24) is 0 Å². The van der Waals surface area contributed by atoms with E-state index >= 15 is 0 Å². The van der Waals surface area contributed by atoms with Crippen molar-refractivity contribution in [2.75, 3.05) is 0 Å². The van der Waals surface area contributed by atoms with Crippen LogP contribution in [0.25, 0.3) is 0 Å². The number of aromatic carboxylic acids is 1. The molecule has 2 aliphatic rings. The van der Waals surface area contributed by atoms with E-state index in [2.05, 4.69) is 26.8 Å². The molecule has 0 amide bonds. The molecule has 3 rings (SSSR count). The highest BCUT2D eigenvalue weighted by atomic mass is 16.4. The number of allylic oxidation sites excluding steroid dienone is 2. The van der Waals surface area contributed by atoms with Gasteiger partial charge in [0.05, 0.1) is 17.8 Å². The standard InChI is InChI=1S/C26H36O4/c1-4-5-12-26(2,3)24(28)11-10-21-22-15-17(14-19(22)16-23(21)27)13-18-8-6-7-9-20(18)25(29)30/h6-11,14,19,21-24,27-28H,4-5,12-13,15-16H2,1-3H3,(H,29,30)/b11-10+/t19-,21-,22-,23+,24-/m0/s1. The SMILES string of the molecule is CCCCC(C)(C)[C@@H](O)/C=C/[C@H]1[C@H]2CC(Cc3ccccc3C(=O)O)=C[C@H]2C[C@H]1O. The number of rotatable bonds is 9. The largest absolute Gasteiger partial charge is 0.478 e. The van der Waals surface area contributed by atoms with Crippen LogP contribution in [0.2, 0.25) is 0 Å². The Hall–Kier alpha value is -1.91. The van der Waals surface area contributed by atoms with Crippen LogP contribution in [0.3, 0.4) is 0 Å². The number of aliphatic hydroxyl groups is 2. The Bertz CT molecular complexity index is 807. The number of carboxylic acid groups (broad SMARTS) is 1. The average molecular weight is 413 g/mol.